The van der Waals surface area contributed by atoms with E-state index in [1.807, 2.05) is 49.4 Å². The van der Waals surface area contributed by atoms with Gasteiger partial charge < -0.3 is 14.7 Å². The first-order chi connectivity index (χ1) is 15.2. The van der Waals surface area contributed by atoms with Crippen LogP contribution in [0.5, 0.6) is 0 Å². The number of hydrogen-bond acceptors (Lipinski definition) is 4. The number of carbonyl (C=O) groups excluding carboxylic acids is 1. The summed E-state index contributed by atoms with van der Waals surface area (Å²) in [5.74, 6) is 1.22. The highest BCUT2D eigenvalue weighted by Gasteiger charge is 2.16. The molecule has 154 valence electrons. The van der Waals surface area contributed by atoms with E-state index in [0.29, 0.717) is 29.0 Å². The summed E-state index contributed by atoms with van der Waals surface area (Å²) in [6.07, 6.45) is 1.57. The van der Waals surface area contributed by atoms with E-state index < -0.39 is 0 Å². The Morgan fingerprint density at radius 2 is 1.77 bits per heavy atom. The SMILES string of the molecule is CC(NC(=O)c1ccc2oc(CCc3ccccc3)nc2c1)c1nc2ccccc2[nH]1. The first kappa shape index (κ1) is 19.1. The average Bonchev–Trinajstić information content (AvgIpc) is 3.41. The molecule has 0 fully saturated rings. The minimum absolute atomic E-state index is 0.177. The Morgan fingerprint density at radius 1 is 0.968 bits per heavy atom. The molecule has 0 saturated carbocycles. The molecule has 1 unspecified atom stereocenters. The van der Waals surface area contributed by atoms with Gasteiger partial charge in [0.25, 0.3) is 5.91 Å². The van der Waals surface area contributed by atoms with Crippen LogP contribution in [0.1, 0.15) is 40.6 Å². The van der Waals surface area contributed by atoms with Crippen molar-refractivity contribution in [1.82, 2.24) is 20.3 Å². The molecule has 5 rings (SSSR count). The number of H-pyrrole nitrogens is 1. The molecule has 1 atom stereocenters. The molecule has 6 nitrogen and oxygen atoms in total. The van der Waals surface area contributed by atoms with Crippen molar-refractivity contribution < 1.29 is 9.21 Å². The predicted octanol–water partition coefficient (Wildman–Crippen LogP) is 4.98. The van der Waals surface area contributed by atoms with Crippen molar-refractivity contribution in [2.24, 2.45) is 0 Å². The molecule has 0 spiro atoms. The van der Waals surface area contributed by atoms with Crippen molar-refractivity contribution in [3.05, 3.63) is 95.6 Å². The Balaban J connectivity index is 1.29. The van der Waals surface area contributed by atoms with Crippen LogP contribution >= 0.6 is 0 Å². The van der Waals surface area contributed by atoms with Gasteiger partial charge in [-0.1, -0.05) is 42.5 Å². The Labute approximate surface area is 179 Å². The maximum absolute atomic E-state index is 12.8. The number of hydrogen-bond donors (Lipinski definition) is 2. The van der Waals surface area contributed by atoms with Gasteiger partial charge in [-0.3, -0.25) is 4.79 Å². The molecular formula is C25H22N4O2. The Morgan fingerprint density at radius 3 is 2.61 bits per heavy atom. The molecule has 0 aliphatic heterocycles. The zero-order chi connectivity index (χ0) is 21.2. The molecule has 2 aromatic heterocycles. The number of amides is 1. The van der Waals surface area contributed by atoms with E-state index in [1.54, 1.807) is 18.2 Å². The molecule has 0 saturated heterocycles. The molecular weight excluding hydrogens is 388 g/mol. The van der Waals surface area contributed by atoms with Crippen molar-refractivity contribution in [1.29, 1.82) is 0 Å². The number of oxazole rings is 1. The van der Waals surface area contributed by atoms with Gasteiger partial charge >= 0.3 is 0 Å². The van der Waals surface area contributed by atoms with Crippen LogP contribution in [0.15, 0.2) is 77.2 Å². The summed E-state index contributed by atoms with van der Waals surface area (Å²) in [4.78, 5) is 25.2. The van der Waals surface area contributed by atoms with Gasteiger partial charge in [-0.25, -0.2) is 9.97 Å². The molecule has 0 aliphatic carbocycles. The van der Waals surface area contributed by atoms with Gasteiger partial charge in [-0.05, 0) is 49.2 Å². The molecule has 2 heterocycles. The number of aromatic amines is 1. The predicted molar refractivity (Wildman–Crippen MR) is 120 cm³/mol. The molecule has 0 bridgehead atoms. The molecule has 6 heteroatoms. The second-order valence-electron chi connectivity index (χ2n) is 7.61. The van der Waals surface area contributed by atoms with E-state index >= 15 is 0 Å². The molecule has 2 N–H and O–H groups in total. The topological polar surface area (TPSA) is 83.8 Å². The minimum Gasteiger partial charge on any atom is -0.441 e. The molecule has 31 heavy (non-hydrogen) atoms. The van der Waals surface area contributed by atoms with Crippen LogP contribution in [0.3, 0.4) is 0 Å². The number of nitrogens with zero attached hydrogens (tertiary/aromatic N) is 2. The number of aryl methyl sites for hydroxylation is 2. The zero-order valence-corrected chi connectivity index (χ0v) is 17.1. The van der Waals surface area contributed by atoms with Gasteiger partial charge in [0.15, 0.2) is 11.5 Å². The number of imidazole rings is 1. The second-order valence-corrected chi connectivity index (χ2v) is 7.61. The lowest BCUT2D eigenvalue weighted by Gasteiger charge is -2.11. The van der Waals surface area contributed by atoms with Gasteiger partial charge in [-0.2, -0.15) is 0 Å². The van der Waals surface area contributed by atoms with Crippen molar-refractivity contribution in [3.8, 4) is 0 Å². The van der Waals surface area contributed by atoms with Crippen LogP contribution in [0.4, 0.5) is 0 Å². The van der Waals surface area contributed by atoms with Crippen LogP contribution in [0.25, 0.3) is 22.1 Å². The van der Waals surface area contributed by atoms with E-state index in [1.165, 1.54) is 5.56 Å². The van der Waals surface area contributed by atoms with Crippen molar-refractivity contribution in [2.45, 2.75) is 25.8 Å². The summed E-state index contributed by atoms with van der Waals surface area (Å²) in [5.41, 5.74) is 4.98. The molecule has 5 aromatic rings. The largest absolute Gasteiger partial charge is 0.441 e. The molecule has 0 radical (unpaired) electrons. The van der Waals surface area contributed by atoms with E-state index in [-0.39, 0.29) is 11.9 Å². The quantitative estimate of drug-likeness (QED) is 0.413. The second kappa shape index (κ2) is 8.07. The standard InChI is InChI=1S/C25H22N4O2/c1-16(24-28-19-9-5-6-10-20(19)29-24)26-25(30)18-12-13-22-21(15-18)27-23(31-22)14-11-17-7-3-2-4-8-17/h2-10,12-13,15-16H,11,14H2,1H3,(H,26,30)(H,28,29). The molecule has 3 aromatic carbocycles. The first-order valence-corrected chi connectivity index (χ1v) is 10.3. The van der Waals surface area contributed by atoms with Gasteiger partial charge in [0.05, 0.1) is 17.1 Å². The van der Waals surface area contributed by atoms with Crippen LogP contribution in [0.2, 0.25) is 0 Å². The fourth-order valence-electron chi connectivity index (χ4n) is 3.65. The zero-order valence-electron chi connectivity index (χ0n) is 17.1. The smallest absolute Gasteiger partial charge is 0.251 e. The summed E-state index contributed by atoms with van der Waals surface area (Å²) in [6, 6.07) is 23.1. The highest BCUT2D eigenvalue weighted by Crippen LogP contribution is 2.20. The normalized spacial score (nSPS) is 12.3. The molecule has 1 amide bonds. The fraction of sp³-hybridized carbons (Fsp3) is 0.160. The third kappa shape index (κ3) is 4.05. The number of aromatic nitrogens is 3. The van der Waals surface area contributed by atoms with Gasteiger partial charge in [0.1, 0.15) is 11.3 Å². The summed E-state index contributed by atoms with van der Waals surface area (Å²) >= 11 is 0. The van der Waals surface area contributed by atoms with Gasteiger partial charge in [0, 0.05) is 12.0 Å². The van der Waals surface area contributed by atoms with Crippen LogP contribution < -0.4 is 5.32 Å². The number of fused-ring (bicyclic) bond motifs is 2. The summed E-state index contributed by atoms with van der Waals surface area (Å²) in [6.45, 7) is 1.91. The fourth-order valence-corrected chi connectivity index (χ4v) is 3.65. The summed E-state index contributed by atoms with van der Waals surface area (Å²) in [5, 5.41) is 3.00. The lowest BCUT2D eigenvalue weighted by molar-refractivity contribution is 0.0938. The van der Waals surface area contributed by atoms with Crippen LogP contribution in [-0.2, 0) is 12.8 Å². The van der Waals surface area contributed by atoms with E-state index in [2.05, 4.69) is 32.4 Å². The van der Waals surface area contributed by atoms with E-state index in [0.717, 1.165) is 23.3 Å². The third-order valence-corrected chi connectivity index (χ3v) is 5.33. The minimum atomic E-state index is -0.255. The number of rotatable bonds is 6. The van der Waals surface area contributed by atoms with Crippen molar-refractivity contribution in [3.63, 3.8) is 0 Å². The Bertz CT molecular complexity index is 1320. The molecule has 0 aliphatic rings. The lowest BCUT2D eigenvalue weighted by atomic mass is 10.1. The maximum Gasteiger partial charge on any atom is 0.251 e. The Hall–Kier alpha value is -3.93. The lowest BCUT2D eigenvalue weighted by Crippen LogP contribution is -2.27. The van der Waals surface area contributed by atoms with E-state index in [4.69, 9.17) is 4.42 Å². The van der Waals surface area contributed by atoms with Crippen molar-refractivity contribution in [2.75, 3.05) is 0 Å². The van der Waals surface area contributed by atoms with E-state index in [9.17, 15) is 4.79 Å². The summed E-state index contributed by atoms with van der Waals surface area (Å²) in [7, 11) is 0. The highest BCUT2D eigenvalue weighted by molar-refractivity contribution is 5.97. The highest BCUT2D eigenvalue weighted by atomic mass is 16.3. The Kier molecular flexibility index (Phi) is 4.96. The van der Waals surface area contributed by atoms with Crippen LogP contribution in [-0.4, -0.2) is 20.9 Å². The number of para-hydroxylation sites is 2. The van der Waals surface area contributed by atoms with Crippen molar-refractivity contribution >= 4 is 28.0 Å². The third-order valence-electron chi connectivity index (χ3n) is 5.33. The van der Waals surface area contributed by atoms with Gasteiger partial charge in [0.2, 0.25) is 0 Å². The average molecular weight is 410 g/mol. The summed E-state index contributed by atoms with van der Waals surface area (Å²) < 4.78 is 5.85. The van der Waals surface area contributed by atoms with Crippen LogP contribution in [0, 0.1) is 0 Å². The maximum atomic E-state index is 12.8. The number of nitrogens with one attached hydrogen (secondary N) is 2. The monoisotopic (exact) mass is 410 g/mol. The number of carbonyl (C=O) groups is 1. The first-order valence-electron chi connectivity index (χ1n) is 10.3. The number of benzene rings is 3. The van der Waals surface area contributed by atoms with Gasteiger partial charge in [-0.15, -0.1) is 0 Å².